The van der Waals surface area contributed by atoms with Crippen molar-refractivity contribution >= 4 is 46.3 Å². The summed E-state index contributed by atoms with van der Waals surface area (Å²) in [6, 6.07) is 0. The number of amides is 1. The van der Waals surface area contributed by atoms with Gasteiger partial charge in [-0.1, -0.05) is 11.8 Å². The average molecular weight is 338 g/mol. The Morgan fingerprint density at radius 3 is 2.65 bits per heavy atom. The van der Waals surface area contributed by atoms with Gasteiger partial charge in [0.05, 0.1) is 10.2 Å². The van der Waals surface area contributed by atoms with Crippen molar-refractivity contribution in [2.45, 2.75) is 43.3 Å². The van der Waals surface area contributed by atoms with Crippen LogP contribution >= 0.6 is 35.3 Å². The highest BCUT2D eigenvalue weighted by Gasteiger charge is 2.31. The lowest BCUT2D eigenvalue weighted by atomic mass is 10.1. The van der Waals surface area contributed by atoms with Gasteiger partial charge in [-0.25, -0.2) is 0 Å². The number of carbonyl (C=O) groups is 2. The molecule has 0 aromatic heterocycles. The van der Waals surface area contributed by atoms with Crippen molar-refractivity contribution in [3.05, 3.63) is 0 Å². The smallest absolute Gasteiger partial charge is 0.216 e. The molecular formula is C13H23NO3S3. The van der Waals surface area contributed by atoms with E-state index in [9.17, 15) is 14.7 Å². The van der Waals surface area contributed by atoms with Crippen LogP contribution in [0.2, 0.25) is 0 Å². The fourth-order valence-electron chi connectivity index (χ4n) is 1.94. The van der Waals surface area contributed by atoms with Gasteiger partial charge in [0.2, 0.25) is 5.91 Å². The SMILES string of the molecule is CC(=O)NCCSC(=O)C[C@H](O)CC1(C)SCCCS1. The summed E-state index contributed by atoms with van der Waals surface area (Å²) in [6.07, 6.45) is 1.50. The zero-order valence-electron chi connectivity index (χ0n) is 12.0. The first-order valence-electron chi connectivity index (χ1n) is 6.77. The predicted molar refractivity (Wildman–Crippen MR) is 89.3 cm³/mol. The van der Waals surface area contributed by atoms with E-state index in [1.165, 1.54) is 25.1 Å². The van der Waals surface area contributed by atoms with Crippen molar-refractivity contribution in [3.8, 4) is 0 Å². The molecule has 0 radical (unpaired) electrons. The Balaban J connectivity index is 2.18. The van der Waals surface area contributed by atoms with Crippen LogP contribution in [0.1, 0.15) is 33.1 Å². The number of aliphatic hydroxyl groups is 1. The molecule has 0 aromatic rings. The van der Waals surface area contributed by atoms with Crippen LogP contribution in [0.25, 0.3) is 0 Å². The molecule has 0 unspecified atom stereocenters. The fourth-order valence-corrected chi connectivity index (χ4v) is 5.76. The summed E-state index contributed by atoms with van der Waals surface area (Å²) < 4.78 is 0.0405. The van der Waals surface area contributed by atoms with Crippen LogP contribution in [0.15, 0.2) is 0 Å². The van der Waals surface area contributed by atoms with Crippen LogP contribution in [0.3, 0.4) is 0 Å². The minimum atomic E-state index is -0.570. The summed E-state index contributed by atoms with van der Waals surface area (Å²) in [5.41, 5.74) is 0. The molecule has 1 heterocycles. The van der Waals surface area contributed by atoms with Crippen LogP contribution in [0.5, 0.6) is 0 Å². The van der Waals surface area contributed by atoms with Crippen LogP contribution in [0, 0.1) is 0 Å². The van der Waals surface area contributed by atoms with Gasteiger partial charge < -0.3 is 10.4 Å². The largest absolute Gasteiger partial charge is 0.393 e. The maximum Gasteiger partial charge on any atom is 0.216 e. The number of hydrogen-bond acceptors (Lipinski definition) is 6. The van der Waals surface area contributed by atoms with E-state index in [0.717, 1.165) is 11.5 Å². The number of carbonyl (C=O) groups excluding carboxylic acids is 2. The molecule has 0 spiro atoms. The van der Waals surface area contributed by atoms with Crippen molar-refractivity contribution in [2.24, 2.45) is 0 Å². The van der Waals surface area contributed by atoms with Crippen molar-refractivity contribution < 1.29 is 14.7 Å². The summed E-state index contributed by atoms with van der Waals surface area (Å²) in [5, 5.41) is 12.7. The Labute approximate surface area is 133 Å². The van der Waals surface area contributed by atoms with Gasteiger partial charge in [0, 0.05) is 25.6 Å². The molecule has 1 saturated heterocycles. The summed E-state index contributed by atoms with van der Waals surface area (Å²) in [4.78, 5) is 22.4. The molecule has 1 atom stereocenters. The highest BCUT2D eigenvalue weighted by molar-refractivity contribution is 8.18. The molecule has 2 N–H and O–H groups in total. The third-order valence-corrected chi connectivity index (χ3v) is 7.00. The van der Waals surface area contributed by atoms with Gasteiger partial charge in [0.1, 0.15) is 0 Å². The summed E-state index contributed by atoms with van der Waals surface area (Å²) in [7, 11) is 0. The first-order chi connectivity index (χ1) is 9.41. The Morgan fingerprint density at radius 1 is 1.40 bits per heavy atom. The lowest BCUT2D eigenvalue weighted by molar-refractivity contribution is -0.119. The second-order valence-electron chi connectivity index (χ2n) is 4.95. The van der Waals surface area contributed by atoms with Gasteiger partial charge in [-0.05, 0) is 31.3 Å². The van der Waals surface area contributed by atoms with Gasteiger partial charge in [-0.2, -0.15) is 0 Å². The van der Waals surface area contributed by atoms with Gasteiger partial charge >= 0.3 is 0 Å². The molecule has 1 rings (SSSR count). The number of rotatable bonds is 7. The maximum absolute atomic E-state index is 11.7. The van der Waals surface area contributed by atoms with Crippen molar-refractivity contribution in [1.29, 1.82) is 0 Å². The van der Waals surface area contributed by atoms with E-state index in [-0.39, 0.29) is 21.5 Å². The number of aliphatic hydroxyl groups excluding tert-OH is 1. The molecule has 0 aromatic carbocycles. The zero-order valence-corrected chi connectivity index (χ0v) is 14.5. The van der Waals surface area contributed by atoms with Gasteiger partial charge in [0.15, 0.2) is 5.12 Å². The minimum absolute atomic E-state index is 0.00254. The first kappa shape index (κ1) is 18.2. The normalized spacial score (nSPS) is 19.4. The Kier molecular flexibility index (Phi) is 8.39. The molecule has 116 valence electrons. The fraction of sp³-hybridized carbons (Fsp3) is 0.846. The van der Waals surface area contributed by atoms with Crippen LogP contribution < -0.4 is 5.32 Å². The first-order valence-corrected chi connectivity index (χ1v) is 9.73. The van der Waals surface area contributed by atoms with E-state index >= 15 is 0 Å². The average Bonchev–Trinajstić information content (AvgIpc) is 2.34. The molecule has 0 aliphatic carbocycles. The second-order valence-corrected chi connectivity index (χ2v) is 9.56. The molecular weight excluding hydrogens is 314 g/mol. The number of thioether (sulfide) groups is 3. The van der Waals surface area contributed by atoms with Crippen molar-refractivity contribution in [1.82, 2.24) is 5.32 Å². The number of nitrogens with one attached hydrogen (secondary N) is 1. The molecule has 1 amide bonds. The monoisotopic (exact) mass is 337 g/mol. The molecule has 7 heteroatoms. The third kappa shape index (κ3) is 7.81. The van der Waals surface area contributed by atoms with E-state index in [2.05, 4.69) is 12.2 Å². The standard InChI is InChI=1S/C13H23NO3S3/c1-10(15)14-4-7-18-12(17)8-11(16)9-13(2)19-5-3-6-20-13/h11,16H,3-9H2,1-2H3,(H,14,15)/t11-/m0/s1. The Morgan fingerprint density at radius 2 is 2.05 bits per heavy atom. The van der Waals surface area contributed by atoms with Crippen molar-refractivity contribution in [3.63, 3.8) is 0 Å². The van der Waals surface area contributed by atoms with Crippen LogP contribution in [-0.4, -0.2) is 50.1 Å². The topological polar surface area (TPSA) is 66.4 Å². The Bertz CT molecular complexity index is 333. The molecule has 1 fully saturated rings. The number of hydrogen-bond donors (Lipinski definition) is 2. The van der Waals surface area contributed by atoms with Crippen molar-refractivity contribution in [2.75, 3.05) is 23.8 Å². The van der Waals surface area contributed by atoms with Gasteiger partial charge in [0.25, 0.3) is 0 Å². The molecule has 1 aliphatic heterocycles. The van der Waals surface area contributed by atoms with E-state index in [4.69, 9.17) is 0 Å². The van der Waals surface area contributed by atoms with Gasteiger partial charge in [-0.3, -0.25) is 9.59 Å². The van der Waals surface area contributed by atoms with E-state index in [1.54, 1.807) is 0 Å². The highest BCUT2D eigenvalue weighted by Crippen LogP contribution is 2.45. The van der Waals surface area contributed by atoms with E-state index in [1.807, 2.05) is 23.5 Å². The van der Waals surface area contributed by atoms with Gasteiger partial charge in [-0.15, -0.1) is 23.5 Å². The van der Waals surface area contributed by atoms with E-state index < -0.39 is 6.10 Å². The second kappa shape index (κ2) is 9.23. The van der Waals surface area contributed by atoms with Crippen LogP contribution in [0.4, 0.5) is 0 Å². The lowest BCUT2D eigenvalue weighted by Crippen LogP contribution is -2.28. The van der Waals surface area contributed by atoms with Crippen LogP contribution in [-0.2, 0) is 9.59 Å². The summed E-state index contributed by atoms with van der Waals surface area (Å²) in [6.45, 7) is 4.10. The maximum atomic E-state index is 11.7. The Hall–Kier alpha value is 0.150. The summed E-state index contributed by atoms with van der Waals surface area (Å²) >= 11 is 4.95. The molecule has 1 aliphatic rings. The molecule has 0 bridgehead atoms. The molecule has 0 saturated carbocycles. The molecule has 20 heavy (non-hydrogen) atoms. The highest BCUT2D eigenvalue weighted by atomic mass is 32.2. The quantitative estimate of drug-likeness (QED) is 0.694. The summed E-state index contributed by atoms with van der Waals surface area (Å²) in [5.74, 6) is 2.74. The molecule has 4 nitrogen and oxygen atoms in total. The van der Waals surface area contributed by atoms with E-state index in [0.29, 0.717) is 18.7 Å². The third-order valence-electron chi connectivity index (χ3n) is 2.85. The zero-order chi connectivity index (χ0) is 15.0. The lowest BCUT2D eigenvalue weighted by Gasteiger charge is -2.33. The minimum Gasteiger partial charge on any atom is -0.393 e. The predicted octanol–water partition coefficient (Wildman–Crippen LogP) is 2.11.